The first-order valence-electron chi connectivity index (χ1n) is 8.42. The third-order valence-electron chi connectivity index (χ3n) is 5.08. The number of rotatable bonds is 4. The van der Waals surface area contributed by atoms with Gasteiger partial charge in [-0.05, 0) is 55.7 Å². The lowest BCUT2D eigenvalue weighted by molar-refractivity contribution is 0.310. The largest absolute Gasteiger partial charge is 0.361 e. The van der Waals surface area contributed by atoms with Gasteiger partial charge in [-0.1, -0.05) is 38.5 Å². The number of benzene rings is 1. The maximum Gasteiger partial charge on any atom is 0.0456 e. The van der Waals surface area contributed by atoms with Crippen molar-refractivity contribution in [3.63, 3.8) is 0 Å². The molecule has 21 heavy (non-hydrogen) atoms. The normalized spacial score (nSPS) is 22.3. The smallest absolute Gasteiger partial charge is 0.0456 e. The van der Waals surface area contributed by atoms with E-state index < -0.39 is 0 Å². The van der Waals surface area contributed by atoms with Crippen LogP contribution in [0.4, 0.5) is 0 Å². The standard InChI is InChI=1S/C19H28N2/c1-19(2)11-5-6-16(9-12-19)20-13-10-15-14-21-18-8-4-3-7-17(15)18/h3-4,7-8,14,16,20-21H,5-6,9-13H2,1-2H3. The molecular weight excluding hydrogens is 256 g/mol. The maximum absolute atomic E-state index is 3.79. The Labute approximate surface area is 128 Å². The van der Waals surface area contributed by atoms with Crippen LogP contribution >= 0.6 is 0 Å². The molecule has 2 aromatic rings. The van der Waals surface area contributed by atoms with E-state index >= 15 is 0 Å². The molecule has 0 aliphatic heterocycles. The van der Waals surface area contributed by atoms with Crippen LogP contribution in [-0.4, -0.2) is 17.6 Å². The Hall–Kier alpha value is -1.28. The van der Waals surface area contributed by atoms with E-state index in [2.05, 4.69) is 54.6 Å². The molecule has 1 aromatic carbocycles. The fourth-order valence-corrected chi connectivity index (χ4v) is 3.61. The molecule has 1 saturated carbocycles. The molecule has 1 heterocycles. The van der Waals surface area contributed by atoms with Gasteiger partial charge in [0, 0.05) is 23.1 Å². The van der Waals surface area contributed by atoms with E-state index in [9.17, 15) is 0 Å². The second-order valence-electron chi connectivity index (χ2n) is 7.36. The van der Waals surface area contributed by atoms with E-state index in [0.717, 1.165) is 19.0 Å². The average molecular weight is 284 g/mol. The van der Waals surface area contributed by atoms with Crippen molar-refractivity contribution in [3.8, 4) is 0 Å². The Bertz CT molecular complexity index is 582. The zero-order chi connectivity index (χ0) is 14.7. The van der Waals surface area contributed by atoms with Crippen LogP contribution in [0.25, 0.3) is 10.9 Å². The van der Waals surface area contributed by atoms with Crippen LogP contribution in [0.3, 0.4) is 0 Å². The number of nitrogens with one attached hydrogen (secondary N) is 2. The van der Waals surface area contributed by atoms with Crippen molar-refractivity contribution >= 4 is 10.9 Å². The van der Waals surface area contributed by atoms with Crippen LogP contribution in [0, 0.1) is 5.41 Å². The van der Waals surface area contributed by atoms with Crippen molar-refractivity contribution < 1.29 is 0 Å². The van der Waals surface area contributed by atoms with Crippen LogP contribution in [0.2, 0.25) is 0 Å². The number of aromatic amines is 1. The van der Waals surface area contributed by atoms with E-state index in [-0.39, 0.29) is 0 Å². The first-order valence-corrected chi connectivity index (χ1v) is 8.42. The van der Waals surface area contributed by atoms with Crippen LogP contribution in [0.1, 0.15) is 51.5 Å². The fraction of sp³-hybridized carbons (Fsp3) is 0.579. The zero-order valence-electron chi connectivity index (χ0n) is 13.4. The lowest BCUT2D eigenvalue weighted by Gasteiger charge is -2.22. The molecule has 1 aliphatic rings. The van der Waals surface area contributed by atoms with Gasteiger partial charge in [-0.25, -0.2) is 0 Å². The van der Waals surface area contributed by atoms with Gasteiger partial charge < -0.3 is 10.3 Å². The highest BCUT2D eigenvalue weighted by Gasteiger charge is 2.23. The third kappa shape index (κ3) is 3.68. The van der Waals surface area contributed by atoms with Gasteiger partial charge in [0.15, 0.2) is 0 Å². The van der Waals surface area contributed by atoms with Crippen LogP contribution < -0.4 is 5.32 Å². The van der Waals surface area contributed by atoms with Crippen molar-refractivity contribution in [2.45, 2.75) is 58.4 Å². The Morgan fingerprint density at radius 2 is 2.05 bits per heavy atom. The molecule has 114 valence electrons. The van der Waals surface area contributed by atoms with E-state index in [1.807, 2.05) is 0 Å². The summed E-state index contributed by atoms with van der Waals surface area (Å²) in [6.07, 6.45) is 10.1. The molecule has 0 saturated heterocycles. The second-order valence-corrected chi connectivity index (χ2v) is 7.36. The average Bonchev–Trinajstić information content (AvgIpc) is 2.79. The van der Waals surface area contributed by atoms with E-state index in [4.69, 9.17) is 0 Å². The molecule has 1 aliphatic carbocycles. The lowest BCUT2D eigenvalue weighted by Crippen LogP contribution is -2.30. The first-order chi connectivity index (χ1) is 10.1. The first kappa shape index (κ1) is 14.6. The highest BCUT2D eigenvalue weighted by molar-refractivity contribution is 5.83. The van der Waals surface area contributed by atoms with Gasteiger partial charge in [0.1, 0.15) is 0 Å². The molecule has 2 nitrogen and oxygen atoms in total. The van der Waals surface area contributed by atoms with E-state index in [1.54, 1.807) is 0 Å². The maximum atomic E-state index is 3.79. The molecule has 1 atom stereocenters. The minimum atomic E-state index is 0.549. The molecule has 1 unspecified atom stereocenters. The number of hydrogen-bond acceptors (Lipinski definition) is 1. The van der Waals surface area contributed by atoms with Crippen LogP contribution in [0.5, 0.6) is 0 Å². The predicted octanol–water partition coefficient (Wildman–Crippen LogP) is 4.66. The van der Waals surface area contributed by atoms with Crippen LogP contribution in [0.15, 0.2) is 30.5 Å². The summed E-state index contributed by atoms with van der Waals surface area (Å²) >= 11 is 0. The number of fused-ring (bicyclic) bond motifs is 1. The summed E-state index contributed by atoms with van der Waals surface area (Å²) in [6.45, 7) is 5.93. The minimum Gasteiger partial charge on any atom is -0.361 e. The second kappa shape index (κ2) is 6.23. The number of H-pyrrole nitrogens is 1. The van der Waals surface area contributed by atoms with Crippen molar-refractivity contribution in [1.82, 2.24) is 10.3 Å². The molecule has 0 bridgehead atoms. The van der Waals surface area contributed by atoms with Gasteiger partial charge in [0.2, 0.25) is 0 Å². The molecule has 3 rings (SSSR count). The van der Waals surface area contributed by atoms with Crippen molar-refractivity contribution in [3.05, 3.63) is 36.0 Å². The third-order valence-corrected chi connectivity index (χ3v) is 5.08. The fourth-order valence-electron chi connectivity index (χ4n) is 3.61. The summed E-state index contributed by atoms with van der Waals surface area (Å²) < 4.78 is 0. The Morgan fingerprint density at radius 3 is 2.95 bits per heavy atom. The van der Waals surface area contributed by atoms with Gasteiger partial charge >= 0.3 is 0 Å². The molecule has 1 fully saturated rings. The lowest BCUT2D eigenvalue weighted by atomic mass is 9.85. The summed E-state index contributed by atoms with van der Waals surface area (Å²) in [4.78, 5) is 3.37. The van der Waals surface area contributed by atoms with Crippen molar-refractivity contribution in [2.24, 2.45) is 5.41 Å². The number of hydrogen-bond donors (Lipinski definition) is 2. The molecule has 0 radical (unpaired) electrons. The predicted molar refractivity (Wildman–Crippen MR) is 90.7 cm³/mol. The summed E-state index contributed by atoms with van der Waals surface area (Å²) in [5.74, 6) is 0. The Morgan fingerprint density at radius 1 is 1.19 bits per heavy atom. The summed E-state index contributed by atoms with van der Waals surface area (Å²) in [5.41, 5.74) is 3.24. The molecule has 1 aromatic heterocycles. The summed E-state index contributed by atoms with van der Waals surface area (Å²) in [5, 5.41) is 5.16. The SMILES string of the molecule is CC1(C)CCCC(NCCc2c[nH]c3ccccc23)CC1. The van der Waals surface area contributed by atoms with Gasteiger partial charge in [0.25, 0.3) is 0 Å². The Balaban J connectivity index is 1.52. The topological polar surface area (TPSA) is 27.8 Å². The van der Waals surface area contributed by atoms with E-state index in [1.165, 1.54) is 48.6 Å². The zero-order valence-corrected chi connectivity index (χ0v) is 13.4. The Kier molecular flexibility index (Phi) is 4.34. The summed E-state index contributed by atoms with van der Waals surface area (Å²) in [7, 11) is 0. The number of aromatic nitrogens is 1. The highest BCUT2D eigenvalue weighted by atomic mass is 14.9. The van der Waals surface area contributed by atoms with E-state index in [0.29, 0.717) is 5.41 Å². The molecule has 2 heteroatoms. The van der Waals surface area contributed by atoms with Gasteiger partial charge in [-0.3, -0.25) is 0 Å². The minimum absolute atomic E-state index is 0.549. The summed E-state index contributed by atoms with van der Waals surface area (Å²) in [6, 6.07) is 9.31. The quantitative estimate of drug-likeness (QED) is 0.785. The van der Waals surface area contributed by atoms with Crippen molar-refractivity contribution in [1.29, 1.82) is 0 Å². The number of para-hydroxylation sites is 1. The highest BCUT2D eigenvalue weighted by Crippen LogP contribution is 2.33. The molecular formula is C19H28N2. The monoisotopic (exact) mass is 284 g/mol. The molecule has 0 amide bonds. The van der Waals surface area contributed by atoms with Gasteiger partial charge in [-0.2, -0.15) is 0 Å². The molecule has 2 N–H and O–H groups in total. The van der Waals surface area contributed by atoms with Crippen molar-refractivity contribution in [2.75, 3.05) is 6.54 Å². The van der Waals surface area contributed by atoms with Crippen LogP contribution in [-0.2, 0) is 6.42 Å². The van der Waals surface area contributed by atoms with Gasteiger partial charge in [0.05, 0.1) is 0 Å². The van der Waals surface area contributed by atoms with Gasteiger partial charge in [-0.15, -0.1) is 0 Å². The molecule has 0 spiro atoms.